The van der Waals surface area contributed by atoms with Gasteiger partial charge in [-0.15, -0.1) is 11.3 Å². The Hall–Kier alpha value is -8.18. The summed E-state index contributed by atoms with van der Waals surface area (Å²) in [5.41, 5.74) is 17.9. The monoisotopic (exact) mass is 875 g/mol. The molecule has 3 nitrogen and oxygen atoms in total. The molecule has 0 aliphatic heterocycles. The molecule has 10 aromatic carbocycles. The molecule has 318 valence electrons. The second-order valence-electron chi connectivity index (χ2n) is 18.1. The molecule has 0 unspecified atom stereocenters. The molecule has 0 amide bonds. The third-order valence-corrected chi connectivity index (χ3v) is 15.2. The number of hydrogen-bond acceptors (Lipinski definition) is 3. The van der Waals surface area contributed by atoms with Gasteiger partial charge in [-0.3, -0.25) is 0 Å². The molecule has 1 aliphatic rings. The maximum atomic E-state index is 2.42. The molecule has 0 saturated heterocycles. The number of anilines is 6. The Morgan fingerprint density at radius 2 is 0.881 bits per heavy atom. The Bertz CT molecular complexity index is 3830. The predicted octanol–water partition coefficient (Wildman–Crippen LogP) is 18.1. The van der Waals surface area contributed by atoms with Crippen LogP contribution < -0.4 is 9.80 Å². The van der Waals surface area contributed by atoms with Crippen molar-refractivity contribution >= 4 is 87.4 Å². The quantitative estimate of drug-likeness (QED) is 0.151. The number of rotatable bonds is 8. The largest absolute Gasteiger partial charge is 0.310 e. The fourth-order valence-electron chi connectivity index (χ4n) is 10.8. The maximum Gasteiger partial charge on any atom is 0.0542 e. The summed E-state index contributed by atoms with van der Waals surface area (Å²) in [7, 11) is 0. The summed E-state index contributed by atoms with van der Waals surface area (Å²) in [5.74, 6) is 0. The van der Waals surface area contributed by atoms with Crippen LogP contribution in [-0.4, -0.2) is 4.57 Å². The van der Waals surface area contributed by atoms with Crippen LogP contribution in [0.15, 0.2) is 237 Å². The van der Waals surface area contributed by atoms with Gasteiger partial charge < -0.3 is 14.4 Å². The third kappa shape index (κ3) is 6.32. The van der Waals surface area contributed by atoms with Gasteiger partial charge in [-0.2, -0.15) is 0 Å². The summed E-state index contributed by atoms with van der Waals surface area (Å²) in [4.78, 5) is 4.80. The second-order valence-corrected chi connectivity index (χ2v) is 19.2. The Morgan fingerprint density at radius 3 is 1.64 bits per heavy atom. The number of nitrogens with zero attached hydrogens (tertiary/aromatic N) is 3. The first-order valence-corrected chi connectivity index (χ1v) is 23.9. The molecule has 1 aliphatic carbocycles. The van der Waals surface area contributed by atoms with Crippen molar-refractivity contribution in [1.82, 2.24) is 4.57 Å². The summed E-state index contributed by atoms with van der Waals surface area (Å²) >= 11 is 1.88. The van der Waals surface area contributed by atoms with Crippen molar-refractivity contribution in [3.63, 3.8) is 0 Å². The van der Waals surface area contributed by atoms with E-state index in [2.05, 4.69) is 265 Å². The van der Waals surface area contributed by atoms with E-state index in [1.807, 2.05) is 11.3 Å². The number of thiophene rings is 1. The van der Waals surface area contributed by atoms with Crippen molar-refractivity contribution in [3.8, 4) is 27.9 Å². The van der Waals surface area contributed by atoms with Gasteiger partial charge in [-0.1, -0.05) is 147 Å². The van der Waals surface area contributed by atoms with E-state index in [-0.39, 0.29) is 5.41 Å². The van der Waals surface area contributed by atoms with E-state index in [0.29, 0.717) is 0 Å². The fourth-order valence-corrected chi connectivity index (χ4v) is 12.0. The molecule has 0 radical (unpaired) electrons. The van der Waals surface area contributed by atoms with Crippen molar-refractivity contribution in [3.05, 3.63) is 248 Å². The highest BCUT2D eigenvalue weighted by Crippen LogP contribution is 2.51. The fraction of sp³-hybridized carbons (Fsp3) is 0.0476. The number of fused-ring (bicyclic) bond motifs is 9. The smallest absolute Gasteiger partial charge is 0.0542 e. The Balaban J connectivity index is 0.934. The van der Waals surface area contributed by atoms with E-state index in [0.717, 1.165) is 39.8 Å². The van der Waals surface area contributed by atoms with E-state index in [9.17, 15) is 0 Å². The predicted molar refractivity (Wildman–Crippen MR) is 286 cm³/mol. The van der Waals surface area contributed by atoms with Crippen LogP contribution in [0.3, 0.4) is 0 Å². The van der Waals surface area contributed by atoms with Gasteiger partial charge in [-0.25, -0.2) is 0 Å². The van der Waals surface area contributed by atoms with Gasteiger partial charge in [0.2, 0.25) is 0 Å². The zero-order valence-corrected chi connectivity index (χ0v) is 38.1. The molecule has 0 fully saturated rings. The van der Waals surface area contributed by atoms with E-state index >= 15 is 0 Å². The molecule has 0 spiro atoms. The lowest BCUT2D eigenvalue weighted by molar-refractivity contribution is 0.660. The highest BCUT2D eigenvalue weighted by molar-refractivity contribution is 7.26. The van der Waals surface area contributed by atoms with E-state index in [4.69, 9.17) is 0 Å². The average molecular weight is 876 g/mol. The van der Waals surface area contributed by atoms with Crippen LogP contribution in [0.1, 0.15) is 25.0 Å². The van der Waals surface area contributed by atoms with Gasteiger partial charge in [0.15, 0.2) is 0 Å². The highest BCUT2D eigenvalue weighted by Gasteiger charge is 2.36. The SMILES string of the molecule is CC1(C)c2ccccc2-c2ccc(N(c3ccc(-c4cccc5c4sc4ccccc45)cc3)c3ccc(N(c4ccccc4)c4ccc5c(c4)c4ccccc4n5-c4ccccc4)cc3)cc21. The Kier molecular flexibility index (Phi) is 9.06. The minimum absolute atomic E-state index is 0.130. The maximum absolute atomic E-state index is 2.42. The molecule has 12 aromatic rings. The van der Waals surface area contributed by atoms with Crippen LogP contribution in [0.2, 0.25) is 0 Å². The molecular formula is C63H45N3S. The number of aromatic nitrogens is 1. The lowest BCUT2D eigenvalue weighted by Crippen LogP contribution is -2.16. The molecule has 0 atom stereocenters. The normalized spacial score (nSPS) is 12.7. The number of para-hydroxylation sites is 3. The number of hydrogen-bond donors (Lipinski definition) is 0. The molecule has 0 saturated carbocycles. The first kappa shape index (κ1) is 39.2. The Labute approximate surface area is 394 Å². The number of benzene rings is 10. The van der Waals surface area contributed by atoms with Crippen LogP contribution in [0.5, 0.6) is 0 Å². The van der Waals surface area contributed by atoms with Gasteiger partial charge >= 0.3 is 0 Å². The standard InChI is InChI=1S/C63H45N3S/c1-63(2)57-25-12-9-20-51(57)52-38-36-49(41-58(52)63)65(45-30-28-42(29-31-45)50-23-15-24-55-54-22-11-14-27-61(54)67-62(50)55)47-34-32-46(33-35-47)64(43-16-5-3-6-17-43)48-37-39-60-56(40-48)53-21-10-13-26-59(53)66(60)44-18-7-4-8-19-44/h3-41H,1-2H3. The topological polar surface area (TPSA) is 11.4 Å². The lowest BCUT2D eigenvalue weighted by atomic mass is 9.82. The average Bonchev–Trinajstić information content (AvgIpc) is 4.01. The molecule has 0 bridgehead atoms. The molecule has 67 heavy (non-hydrogen) atoms. The van der Waals surface area contributed by atoms with E-state index in [1.54, 1.807) is 0 Å². The molecule has 0 N–H and O–H groups in total. The first-order chi connectivity index (χ1) is 33.0. The molecule has 2 heterocycles. The summed E-state index contributed by atoms with van der Waals surface area (Å²) in [6, 6.07) is 86.7. The van der Waals surface area contributed by atoms with Crippen molar-refractivity contribution in [2.24, 2.45) is 0 Å². The molecular weight excluding hydrogens is 831 g/mol. The van der Waals surface area contributed by atoms with Crippen LogP contribution in [0, 0.1) is 0 Å². The van der Waals surface area contributed by atoms with Gasteiger partial charge in [0.05, 0.1) is 11.0 Å². The molecule has 13 rings (SSSR count). The van der Waals surface area contributed by atoms with Crippen molar-refractivity contribution in [2.45, 2.75) is 19.3 Å². The van der Waals surface area contributed by atoms with Gasteiger partial charge in [0, 0.05) is 76.2 Å². The third-order valence-electron chi connectivity index (χ3n) is 14.0. The van der Waals surface area contributed by atoms with Crippen molar-refractivity contribution in [1.29, 1.82) is 0 Å². The summed E-state index contributed by atoms with van der Waals surface area (Å²) in [6.45, 7) is 4.72. The minimum Gasteiger partial charge on any atom is -0.310 e. The van der Waals surface area contributed by atoms with Gasteiger partial charge in [0.1, 0.15) is 0 Å². The van der Waals surface area contributed by atoms with Gasteiger partial charge in [-0.05, 0) is 137 Å². The zero-order valence-electron chi connectivity index (χ0n) is 37.3. The van der Waals surface area contributed by atoms with Crippen molar-refractivity contribution < 1.29 is 0 Å². The summed E-state index contributed by atoms with van der Waals surface area (Å²) in [5, 5.41) is 5.08. The summed E-state index contributed by atoms with van der Waals surface area (Å²) < 4.78 is 5.02. The van der Waals surface area contributed by atoms with Crippen LogP contribution >= 0.6 is 11.3 Å². The van der Waals surface area contributed by atoms with Crippen molar-refractivity contribution in [2.75, 3.05) is 9.80 Å². The minimum atomic E-state index is -0.130. The van der Waals surface area contributed by atoms with Crippen LogP contribution in [-0.2, 0) is 5.41 Å². The van der Waals surface area contributed by atoms with E-state index < -0.39 is 0 Å². The van der Waals surface area contributed by atoms with Gasteiger partial charge in [0.25, 0.3) is 0 Å². The van der Waals surface area contributed by atoms with Crippen LogP contribution in [0.25, 0.3) is 69.9 Å². The molecule has 4 heteroatoms. The first-order valence-electron chi connectivity index (χ1n) is 23.1. The summed E-state index contributed by atoms with van der Waals surface area (Å²) in [6.07, 6.45) is 0. The zero-order chi connectivity index (χ0) is 44.6. The lowest BCUT2D eigenvalue weighted by Gasteiger charge is -2.29. The molecule has 2 aromatic heterocycles. The Morgan fingerprint density at radius 1 is 0.358 bits per heavy atom. The van der Waals surface area contributed by atoms with Crippen LogP contribution in [0.4, 0.5) is 34.1 Å². The van der Waals surface area contributed by atoms with E-state index in [1.165, 1.54) is 75.4 Å². The second kappa shape index (κ2) is 15.5. The highest BCUT2D eigenvalue weighted by atomic mass is 32.1.